The van der Waals surface area contributed by atoms with E-state index >= 15 is 0 Å². The lowest BCUT2D eigenvalue weighted by Crippen LogP contribution is -2.45. The third-order valence-electron chi connectivity index (χ3n) is 3.96. The van der Waals surface area contributed by atoms with Crippen molar-refractivity contribution in [3.05, 3.63) is 35.4 Å². The largest absolute Gasteiger partial charge is 0.328 e. The average Bonchev–Trinajstić information content (AvgIpc) is 2.47. The summed E-state index contributed by atoms with van der Waals surface area (Å²) in [6.45, 7) is 2.98. The highest BCUT2D eigenvalue weighted by atomic mass is 32.2. The van der Waals surface area contributed by atoms with E-state index in [1.807, 2.05) is 13.0 Å². The van der Waals surface area contributed by atoms with E-state index in [4.69, 9.17) is 11.0 Å². The molecular formula is C15H21N3O2S. The molecule has 1 heterocycles. The van der Waals surface area contributed by atoms with Crippen LogP contribution < -0.4 is 5.73 Å². The lowest BCUT2D eigenvalue weighted by molar-refractivity contribution is 0.243. The maximum absolute atomic E-state index is 12.5. The van der Waals surface area contributed by atoms with E-state index in [0.717, 1.165) is 12.8 Å². The summed E-state index contributed by atoms with van der Waals surface area (Å²) in [5.74, 6) is 0.160. The number of rotatable bonds is 4. The molecule has 0 bridgehead atoms. The fourth-order valence-electron chi connectivity index (χ4n) is 2.69. The standard InChI is InChI=1S/C15H21N3O2S/c1-12(17)15-6-3-7-18(10-15)21(19,20)11-14-5-2-4-13(8-14)9-16/h2,4-5,8,12,15H,3,6-7,10-11,17H2,1H3/t12-,15+/m0/s1. The molecule has 5 nitrogen and oxygen atoms in total. The van der Waals surface area contributed by atoms with Crippen molar-refractivity contribution in [2.24, 2.45) is 11.7 Å². The van der Waals surface area contributed by atoms with Gasteiger partial charge in [0.2, 0.25) is 10.0 Å². The maximum Gasteiger partial charge on any atom is 0.218 e. The van der Waals surface area contributed by atoms with Crippen LogP contribution in [0.15, 0.2) is 24.3 Å². The number of nitrogens with two attached hydrogens (primary N) is 1. The number of hydrogen-bond acceptors (Lipinski definition) is 4. The van der Waals surface area contributed by atoms with Crippen molar-refractivity contribution in [2.75, 3.05) is 13.1 Å². The van der Waals surface area contributed by atoms with Gasteiger partial charge in [-0.3, -0.25) is 0 Å². The lowest BCUT2D eigenvalue weighted by atomic mass is 9.93. The molecule has 1 saturated heterocycles. The van der Waals surface area contributed by atoms with Gasteiger partial charge >= 0.3 is 0 Å². The summed E-state index contributed by atoms with van der Waals surface area (Å²) in [4.78, 5) is 0. The van der Waals surface area contributed by atoms with Crippen molar-refractivity contribution in [2.45, 2.75) is 31.6 Å². The van der Waals surface area contributed by atoms with Gasteiger partial charge in [-0.05, 0) is 43.4 Å². The molecule has 0 radical (unpaired) electrons. The molecule has 2 N–H and O–H groups in total. The maximum atomic E-state index is 12.5. The molecule has 0 aliphatic carbocycles. The van der Waals surface area contributed by atoms with Gasteiger partial charge in [0.15, 0.2) is 0 Å². The molecule has 0 saturated carbocycles. The van der Waals surface area contributed by atoms with Gasteiger partial charge in [-0.25, -0.2) is 12.7 Å². The van der Waals surface area contributed by atoms with Gasteiger partial charge in [-0.2, -0.15) is 5.26 Å². The first-order valence-electron chi connectivity index (χ1n) is 7.15. The van der Waals surface area contributed by atoms with Crippen molar-refractivity contribution in [1.29, 1.82) is 5.26 Å². The molecule has 1 aliphatic heterocycles. The van der Waals surface area contributed by atoms with E-state index in [1.165, 1.54) is 0 Å². The van der Waals surface area contributed by atoms with Crippen LogP contribution in [0.25, 0.3) is 0 Å². The van der Waals surface area contributed by atoms with Crippen LogP contribution in [-0.4, -0.2) is 31.9 Å². The Hall–Kier alpha value is -1.42. The van der Waals surface area contributed by atoms with Gasteiger partial charge in [0.25, 0.3) is 0 Å². The predicted molar refractivity (Wildman–Crippen MR) is 81.7 cm³/mol. The Morgan fingerprint density at radius 2 is 2.29 bits per heavy atom. The monoisotopic (exact) mass is 307 g/mol. The molecule has 114 valence electrons. The Morgan fingerprint density at radius 3 is 2.95 bits per heavy atom. The molecule has 1 aromatic carbocycles. The third-order valence-corrected chi connectivity index (χ3v) is 5.78. The topological polar surface area (TPSA) is 87.2 Å². The number of piperidine rings is 1. The van der Waals surface area contributed by atoms with E-state index in [9.17, 15) is 8.42 Å². The van der Waals surface area contributed by atoms with Gasteiger partial charge in [-0.1, -0.05) is 12.1 Å². The zero-order chi connectivity index (χ0) is 15.5. The van der Waals surface area contributed by atoms with E-state index in [0.29, 0.717) is 24.2 Å². The molecular weight excluding hydrogens is 286 g/mol. The predicted octanol–water partition coefficient (Wildman–Crippen LogP) is 1.45. The number of nitrogens with zero attached hydrogens (tertiary/aromatic N) is 2. The minimum absolute atomic E-state index is 0.00455. The van der Waals surface area contributed by atoms with Crippen LogP contribution in [0.5, 0.6) is 0 Å². The van der Waals surface area contributed by atoms with E-state index in [2.05, 4.69) is 0 Å². The summed E-state index contributed by atoms with van der Waals surface area (Å²) in [6.07, 6.45) is 1.83. The zero-order valence-electron chi connectivity index (χ0n) is 12.2. The molecule has 0 amide bonds. The Balaban J connectivity index is 2.12. The Morgan fingerprint density at radius 1 is 1.52 bits per heavy atom. The van der Waals surface area contributed by atoms with E-state index in [1.54, 1.807) is 28.6 Å². The Labute approximate surface area is 126 Å². The molecule has 1 fully saturated rings. The number of benzene rings is 1. The highest BCUT2D eigenvalue weighted by Crippen LogP contribution is 2.23. The van der Waals surface area contributed by atoms with Crippen LogP contribution in [0.3, 0.4) is 0 Å². The second kappa shape index (κ2) is 6.56. The Kier molecular flexibility index (Phi) is 4.99. The highest BCUT2D eigenvalue weighted by Gasteiger charge is 2.30. The van der Waals surface area contributed by atoms with Crippen molar-refractivity contribution in [3.8, 4) is 6.07 Å². The quantitative estimate of drug-likeness (QED) is 0.912. The molecule has 2 atom stereocenters. The molecule has 6 heteroatoms. The normalized spacial score (nSPS) is 21.7. The van der Waals surface area contributed by atoms with Crippen molar-refractivity contribution < 1.29 is 8.42 Å². The third kappa shape index (κ3) is 4.03. The summed E-state index contributed by atoms with van der Waals surface area (Å²) in [6, 6.07) is 8.79. The van der Waals surface area contributed by atoms with Gasteiger partial charge in [0, 0.05) is 19.1 Å². The number of nitriles is 1. The first-order valence-corrected chi connectivity index (χ1v) is 8.76. The van der Waals surface area contributed by atoms with Crippen molar-refractivity contribution in [1.82, 2.24) is 4.31 Å². The van der Waals surface area contributed by atoms with Crippen LogP contribution in [0.1, 0.15) is 30.9 Å². The molecule has 0 spiro atoms. The molecule has 0 aromatic heterocycles. The first kappa shape index (κ1) is 16.0. The SMILES string of the molecule is C[C@H](N)[C@@H]1CCCN(S(=O)(=O)Cc2cccc(C#N)c2)C1. The number of hydrogen-bond donors (Lipinski definition) is 1. The van der Waals surface area contributed by atoms with Crippen molar-refractivity contribution >= 4 is 10.0 Å². The van der Waals surface area contributed by atoms with E-state index < -0.39 is 10.0 Å². The lowest BCUT2D eigenvalue weighted by Gasteiger charge is -2.33. The molecule has 1 aliphatic rings. The van der Waals surface area contributed by atoms with Crippen LogP contribution in [-0.2, 0) is 15.8 Å². The minimum atomic E-state index is -3.36. The van der Waals surface area contributed by atoms with E-state index in [-0.39, 0.29) is 17.7 Å². The van der Waals surface area contributed by atoms with Crippen molar-refractivity contribution in [3.63, 3.8) is 0 Å². The molecule has 0 unspecified atom stereocenters. The second-order valence-corrected chi connectivity index (χ2v) is 7.66. The van der Waals surface area contributed by atoms with Gasteiger partial charge in [-0.15, -0.1) is 0 Å². The van der Waals surface area contributed by atoms with Crippen LogP contribution in [0, 0.1) is 17.2 Å². The molecule has 2 rings (SSSR count). The Bertz CT molecular complexity index is 635. The summed E-state index contributed by atoms with van der Waals surface area (Å²) in [5.41, 5.74) is 7.04. The van der Waals surface area contributed by atoms with Crippen LogP contribution in [0.2, 0.25) is 0 Å². The fraction of sp³-hybridized carbons (Fsp3) is 0.533. The number of sulfonamides is 1. The smallest absolute Gasteiger partial charge is 0.218 e. The van der Waals surface area contributed by atoms with Gasteiger partial charge in [0.1, 0.15) is 0 Å². The average molecular weight is 307 g/mol. The minimum Gasteiger partial charge on any atom is -0.328 e. The van der Waals surface area contributed by atoms with Crippen LogP contribution in [0.4, 0.5) is 0 Å². The molecule has 21 heavy (non-hydrogen) atoms. The zero-order valence-corrected chi connectivity index (χ0v) is 13.0. The van der Waals surface area contributed by atoms with Crippen LogP contribution >= 0.6 is 0 Å². The van der Waals surface area contributed by atoms with Gasteiger partial charge in [0.05, 0.1) is 17.4 Å². The summed E-state index contributed by atoms with van der Waals surface area (Å²) >= 11 is 0. The van der Waals surface area contributed by atoms with Gasteiger partial charge < -0.3 is 5.73 Å². The highest BCUT2D eigenvalue weighted by molar-refractivity contribution is 7.88. The first-order chi connectivity index (χ1) is 9.92. The fourth-order valence-corrected chi connectivity index (χ4v) is 4.30. The summed E-state index contributed by atoms with van der Waals surface area (Å²) < 4.78 is 26.6. The second-order valence-electron chi connectivity index (χ2n) is 5.69. The summed E-state index contributed by atoms with van der Waals surface area (Å²) in [7, 11) is -3.36. The summed E-state index contributed by atoms with van der Waals surface area (Å²) in [5, 5.41) is 8.88. The molecule has 1 aromatic rings.